The van der Waals surface area contributed by atoms with Crippen LogP contribution in [-0.2, 0) is 0 Å². The Morgan fingerprint density at radius 1 is 1.54 bits per heavy atom. The van der Waals surface area contributed by atoms with Gasteiger partial charge in [-0.3, -0.25) is 0 Å². The highest BCUT2D eigenvalue weighted by Gasteiger charge is 2.39. The maximum atomic E-state index is 13.5. The van der Waals surface area contributed by atoms with Gasteiger partial charge in [0.05, 0.1) is 5.02 Å². The Balaban J connectivity index is 2.27. The lowest BCUT2D eigenvalue weighted by Crippen LogP contribution is -1.90. The van der Waals surface area contributed by atoms with Crippen LogP contribution in [0.5, 0.6) is 0 Å². The molecule has 1 aromatic carbocycles. The minimum absolute atomic E-state index is 0.234. The van der Waals surface area contributed by atoms with Gasteiger partial charge in [-0.2, -0.15) is 0 Å². The first-order valence-corrected chi connectivity index (χ1v) is 5.74. The molecule has 2 unspecified atom stereocenters. The normalized spacial score (nSPS) is 26.1. The van der Waals surface area contributed by atoms with Gasteiger partial charge in [-0.1, -0.05) is 39.7 Å². The molecule has 2 rings (SSSR count). The molecule has 1 fully saturated rings. The van der Waals surface area contributed by atoms with Gasteiger partial charge in [-0.25, -0.2) is 4.39 Å². The molecule has 0 aliphatic heterocycles. The molecular formula is C10H9BrClF. The largest absolute Gasteiger partial charge is 0.205 e. The van der Waals surface area contributed by atoms with Crippen molar-refractivity contribution >= 4 is 27.5 Å². The summed E-state index contributed by atoms with van der Waals surface area (Å²) >= 11 is 9.09. The zero-order valence-corrected chi connectivity index (χ0v) is 9.28. The average Bonchev–Trinajstić information content (AvgIpc) is 2.89. The molecular weight excluding hydrogens is 254 g/mol. The van der Waals surface area contributed by atoms with Crippen molar-refractivity contribution in [1.29, 1.82) is 0 Å². The molecule has 0 bridgehead atoms. The molecule has 0 heterocycles. The first kappa shape index (κ1) is 9.47. The minimum Gasteiger partial charge on any atom is -0.205 e. The van der Waals surface area contributed by atoms with Gasteiger partial charge in [0.2, 0.25) is 0 Å². The third-order valence-corrected chi connectivity index (χ3v) is 3.63. The quantitative estimate of drug-likeness (QED) is 0.708. The predicted molar refractivity (Wildman–Crippen MR) is 56.1 cm³/mol. The summed E-state index contributed by atoms with van der Waals surface area (Å²) in [5.41, 5.74) is 0.775. The Kier molecular flexibility index (Phi) is 2.61. The van der Waals surface area contributed by atoms with E-state index < -0.39 is 0 Å². The first-order valence-electron chi connectivity index (χ1n) is 4.24. The SMILES string of the molecule is Fc1c(Cl)cccc1C1CC1CBr. The van der Waals surface area contributed by atoms with Crippen LogP contribution in [0, 0.1) is 11.7 Å². The van der Waals surface area contributed by atoms with Crippen LogP contribution < -0.4 is 0 Å². The molecule has 0 aromatic heterocycles. The van der Waals surface area contributed by atoms with Crippen LogP contribution in [0.3, 0.4) is 0 Å². The number of benzene rings is 1. The molecule has 1 aromatic rings. The van der Waals surface area contributed by atoms with E-state index in [2.05, 4.69) is 15.9 Å². The monoisotopic (exact) mass is 262 g/mol. The van der Waals surface area contributed by atoms with Crippen molar-refractivity contribution in [3.63, 3.8) is 0 Å². The fourth-order valence-corrected chi connectivity index (χ4v) is 2.50. The van der Waals surface area contributed by atoms with E-state index in [1.54, 1.807) is 6.07 Å². The van der Waals surface area contributed by atoms with Gasteiger partial charge in [0, 0.05) is 5.33 Å². The lowest BCUT2D eigenvalue weighted by molar-refractivity contribution is 0.608. The molecule has 0 amide bonds. The van der Waals surface area contributed by atoms with Crippen LogP contribution >= 0.6 is 27.5 Å². The standard InChI is InChI=1S/C10H9BrClF/c11-5-6-4-8(6)7-2-1-3-9(12)10(7)13/h1-3,6,8H,4-5H2. The molecule has 13 heavy (non-hydrogen) atoms. The van der Waals surface area contributed by atoms with Crippen molar-refractivity contribution in [2.45, 2.75) is 12.3 Å². The Morgan fingerprint density at radius 2 is 2.31 bits per heavy atom. The second-order valence-corrected chi connectivity index (χ2v) is 4.45. The molecule has 0 spiro atoms. The fraction of sp³-hybridized carbons (Fsp3) is 0.400. The van der Waals surface area contributed by atoms with Crippen molar-refractivity contribution in [2.75, 3.05) is 5.33 Å². The number of alkyl halides is 1. The van der Waals surface area contributed by atoms with E-state index in [1.807, 2.05) is 12.1 Å². The van der Waals surface area contributed by atoms with Gasteiger partial charge in [0.15, 0.2) is 0 Å². The zero-order valence-electron chi connectivity index (χ0n) is 6.93. The van der Waals surface area contributed by atoms with Crippen LogP contribution in [0.4, 0.5) is 4.39 Å². The van der Waals surface area contributed by atoms with E-state index in [9.17, 15) is 4.39 Å². The number of rotatable bonds is 2. The highest BCUT2D eigenvalue weighted by molar-refractivity contribution is 9.09. The molecule has 1 aliphatic rings. The molecule has 0 nitrogen and oxygen atoms in total. The number of hydrogen-bond donors (Lipinski definition) is 0. The van der Waals surface area contributed by atoms with Crippen molar-refractivity contribution < 1.29 is 4.39 Å². The van der Waals surface area contributed by atoms with Gasteiger partial charge < -0.3 is 0 Å². The molecule has 0 N–H and O–H groups in total. The summed E-state index contributed by atoms with van der Waals surface area (Å²) in [4.78, 5) is 0. The Labute approximate surface area is 90.2 Å². The van der Waals surface area contributed by atoms with E-state index in [0.717, 1.165) is 17.3 Å². The lowest BCUT2D eigenvalue weighted by Gasteiger charge is -2.02. The molecule has 1 aliphatic carbocycles. The second kappa shape index (κ2) is 3.58. The Hall–Kier alpha value is -0.0800. The van der Waals surface area contributed by atoms with E-state index in [-0.39, 0.29) is 10.8 Å². The van der Waals surface area contributed by atoms with Gasteiger partial charge >= 0.3 is 0 Å². The van der Waals surface area contributed by atoms with Crippen molar-refractivity contribution in [1.82, 2.24) is 0 Å². The highest BCUT2D eigenvalue weighted by atomic mass is 79.9. The Morgan fingerprint density at radius 3 is 2.92 bits per heavy atom. The molecule has 0 radical (unpaired) electrons. The maximum Gasteiger partial charge on any atom is 0.145 e. The summed E-state index contributed by atoms with van der Waals surface area (Å²) < 4.78 is 13.5. The third kappa shape index (κ3) is 1.75. The molecule has 1 saturated carbocycles. The fourth-order valence-electron chi connectivity index (χ4n) is 1.61. The van der Waals surface area contributed by atoms with Gasteiger partial charge in [-0.05, 0) is 29.9 Å². The van der Waals surface area contributed by atoms with Gasteiger partial charge in [0.25, 0.3) is 0 Å². The van der Waals surface area contributed by atoms with Crippen molar-refractivity contribution in [3.8, 4) is 0 Å². The summed E-state index contributed by atoms with van der Waals surface area (Å²) in [5, 5.41) is 1.18. The highest BCUT2D eigenvalue weighted by Crippen LogP contribution is 2.49. The van der Waals surface area contributed by atoms with Crippen LogP contribution in [0.1, 0.15) is 17.9 Å². The minimum atomic E-state index is -0.238. The number of hydrogen-bond acceptors (Lipinski definition) is 0. The van der Waals surface area contributed by atoms with E-state index in [4.69, 9.17) is 11.6 Å². The lowest BCUT2D eigenvalue weighted by atomic mass is 10.1. The summed E-state index contributed by atoms with van der Waals surface area (Å²) in [5.74, 6) is 0.726. The zero-order chi connectivity index (χ0) is 9.42. The topological polar surface area (TPSA) is 0 Å². The second-order valence-electron chi connectivity index (χ2n) is 3.40. The van der Waals surface area contributed by atoms with Crippen LogP contribution in [0.15, 0.2) is 18.2 Å². The summed E-state index contributed by atoms with van der Waals surface area (Å²) in [6.07, 6.45) is 1.07. The van der Waals surface area contributed by atoms with E-state index in [1.165, 1.54) is 0 Å². The predicted octanol–water partition coefficient (Wildman–Crippen LogP) is 3.98. The first-order chi connectivity index (χ1) is 6.24. The maximum absolute atomic E-state index is 13.5. The van der Waals surface area contributed by atoms with Gasteiger partial charge in [-0.15, -0.1) is 0 Å². The average molecular weight is 264 g/mol. The molecule has 70 valence electrons. The van der Waals surface area contributed by atoms with E-state index in [0.29, 0.717) is 11.8 Å². The van der Waals surface area contributed by atoms with Crippen molar-refractivity contribution in [3.05, 3.63) is 34.6 Å². The smallest absolute Gasteiger partial charge is 0.145 e. The molecule has 3 heteroatoms. The van der Waals surface area contributed by atoms with Crippen LogP contribution in [0.2, 0.25) is 5.02 Å². The molecule has 2 atom stereocenters. The van der Waals surface area contributed by atoms with Crippen LogP contribution in [0.25, 0.3) is 0 Å². The molecule has 0 saturated heterocycles. The van der Waals surface area contributed by atoms with Crippen molar-refractivity contribution in [2.24, 2.45) is 5.92 Å². The summed E-state index contributed by atoms with van der Waals surface area (Å²) in [6.45, 7) is 0. The summed E-state index contributed by atoms with van der Waals surface area (Å²) in [6, 6.07) is 5.23. The third-order valence-electron chi connectivity index (χ3n) is 2.50. The number of halogens is 3. The summed E-state index contributed by atoms with van der Waals surface area (Å²) in [7, 11) is 0. The van der Waals surface area contributed by atoms with Gasteiger partial charge in [0.1, 0.15) is 5.82 Å². The van der Waals surface area contributed by atoms with Crippen LogP contribution in [-0.4, -0.2) is 5.33 Å². The van der Waals surface area contributed by atoms with E-state index >= 15 is 0 Å². The Bertz CT molecular complexity index is 327.